The fourth-order valence-corrected chi connectivity index (χ4v) is 5.12. The number of hydrogen-bond acceptors (Lipinski definition) is 3. The molecule has 1 N–H and O–H groups in total. The number of dihydropyridines is 1. The van der Waals surface area contributed by atoms with Crippen molar-refractivity contribution in [3.05, 3.63) is 119 Å². The maximum absolute atomic E-state index is 13.8. The molecule has 0 radical (unpaired) electrons. The summed E-state index contributed by atoms with van der Waals surface area (Å²) in [4.78, 5) is 27.6. The number of rotatable bonds is 5. The maximum Gasteiger partial charge on any atom is 0.191 e. The predicted octanol–water partition coefficient (Wildman–Crippen LogP) is 7.24. The molecule has 0 unspecified atom stereocenters. The summed E-state index contributed by atoms with van der Waals surface area (Å²) in [5, 5.41) is 7.59. The molecule has 4 aromatic carbocycles. The van der Waals surface area contributed by atoms with Crippen molar-refractivity contribution < 1.29 is 9.59 Å². The summed E-state index contributed by atoms with van der Waals surface area (Å²) in [6.07, 6.45) is 0.666. The number of benzene rings is 4. The molecule has 0 atom stereocenters. The number of fused-ring (bicyclic) bond motifs is 2. The van der Waals surface area contributed by atoms with Gasteiger partial charge < -0.3 is 5.32 Å². The van der Waals surface area contributed by atoms with Gasteiger partial charge in [0.1, 0.15) is 0 Å². The van der Waals surface area contributed by atoms with Gasteiger partial charge in [0, 0.05) is 39.6 Å². The lowest BCUT2D eigenvalue weighted by molar-refractivity contribution is 0.100. The zero-order chi connectivity index (χ0) is 23.8. The van der Waals surface area contributed by atoms with Crippen LogP contribution in [0, 0.1) is 5.92 Å². The highest BCUT2D eigenvalue weighted by atomic mass is 16.1. The zero-order valence-corrected chi connectivity index (χ0v) is 19.7. The first-order chi connectivity index (χ1) is 16.5. The van der Waals surface area contributed by atoms with Crippen LogP contribution in [0.2, 0.25) is 0 Å². The molecule has 34 heavy (non-hydrogen) atoms. The van der Waals surface area contributed by atoms with Crippen LogP contribution < -0.4 is 5.32 Å². The Kier molecular flexibility index (Phi) is 5.62. The normalized spacial score (nSPS) is 14.6. The highest BCUT2D eigenvalue weighted by Crippen LogP contribution is 2.36. The van der Waals surface area contributed by atoms with Crippen LogP contribution in [0.25, 0.3) is 21.5 Å². The second-order valence-corrected chi connectivity index (χ2v) is 8.95. The van der Waals surface area contributed by atoms with Gasteiger partial charge in [0.05, 0.1) is 0 Å². The standard InChI is InChI=1S/C31H27NO2/c1-4-27-28(30(33)25-15-13-21-9-5-7-11-23(21)17-25)19(2)32-20(3)29(27)31(34)26-16-14-22-10-6-8-12-24(22)18-26/h5-18,27,32H,4H2,1-3H3. The first-order valence-electron chi connectivity index (χ1n) is 11.7. The molecule has 0 aromatic heterocycles. The van der Waals surface area contributed by atoms with E-state index >= 15 is 0 Å². The van der Waals surface area contributed by atoms with Gasteiger partial charge in [-0.25, -0.2) is 0 Å². The van der Waals surface area contributed by atoms with Crippen LogP contribution in [0.5, 0.6) is 0 Å². The predicted molar refractivity (Wildman–Crippen MR) is 139 cm³/mol. The first kappa shape index (κ1) is 21.8. The van der Waals surface area contributed by atoms with Gasteiger partial charge in [0.2, 0.25) is 0 Å². The molecular formula is C31H27NO2. The van der Waals surface area contributed by atoms with E-state index in [0.29, 0.717) is 28.7 Å². The number of hydrogen-bond donors (Lipinski definition) is 1. The smallest absolute Gasteiger partial charge is 0.191 e. The van der Waals surface area contributed by atoms with Crippen molar-refractivity contribution in [3.8, 4) is 0 Å². The Labute approximate surface area is 199 Å². The van der Waals surface area contributed by atoms with E-state index < -0.39 is 0 Å². The van der Waals surface area contributed by atoms with E-state index in [1.165, 1.54) is 0 Å². The summed E-state index contributed by atoms with van der Waals surface area (Å²) >= 11 is 0. The van der Waals surface area contributed by atoms with Crippen molar-refractivity contribution in [1.82, 2.24) is 5.32 Å². The number of carbonyl (C=O) groups is 2. The summed E-state index contributed by atoms with van der Waals surface area (Å²) in [7, 11) is 0. The lowest BCUT2D eigenvalue weighted by Gasteiger charge is -2.30. The van der Waals surface area contributed by atoms with Crippen LogP contribution in [0.4, 0.5) is 0 Å². The Morgan fingerprint density at radius 3 is 1.47 bits per heavy atom. The van der Waals surface area contributed by atoms with Crippen molar-refractivity contribution in [1.29, 1.82) is 0 Å². The van der Waals surface area contributed by atoms with Gasteiger partial charge in [0.25, 0.3) is 0 Å². The summed E-state index contributed by atoms with van der Waals surface area (Å²) in [5.41, 5.74) is 4.27. The van der Waals surface area contributed by atoms with Gasteiger partial charge >= 0.3 is 0 Å². The molecule has 3 heteroatoms. The molecule has 3 nitrogen and oxygen atoms in total. The third-order valence-corrected chi connectivity index (χ3v) is 6.80. The van der Waals surface area contributed by atoms with Gasteiger partial charge in [-0.1, -0.05) is 79.7 Å². The van der Waals surface area contributed by atoms with Crippen LogP contribution in [0.3, 0.4) is 0 Å². The molecule has 1 aliphatic heterocycles. The summed E-state index contributed by atoms with van der Waals surface area (Å²) < 4.78 is 0. The van der Waals surface area contributed by atoms with E-state index in [9.17, 15) is 9.59 Å². The van der Waals surface area contributed by atoms with E-state index in [0.717, 1.165) is 32.9 Å². The molecule has 0 spiro atoms. The zero-order valence-electron chi connectivity index (χ0n) is 19.7. The molecule has 0 aliphatic carbocycles. The Hall–Kier alpha value is -3.98. The van der Waals surface area contributed by atoms with Crippen molar-refractivity contribution in [2.45, 2.75) is 27.2 Å². The third-order valence-electron chi connectivity index (χ3n) is 6.80. The minimum atomic E-state index is -0.265. The van der Waals surface area contributed by atoms with E-state index in [4.69, 9.17) is 0 Å². The quantitative estimate of drug-likeness (QED) is 0.329. The number of nitrogens with one attached hydrogen (secondary N) is 1. The number of allylic oxidation sites excluding steroid dienone is 4. The number of ketones is 2. The van der Waals surface area contributed by atoms with Crippen LogP contribution in [-0.4, -0.2) is 11.6 Å². The molecule has 0 amide bonds. The second kappa shape index (κ2) is 8.75. The molecule has 1 heterocycles. The summed E-state index contributed by atoms with van der Waals surface area (Å²) in [6.45, 7) is 5.90. The Morgan fingerprint density at radius 2 is 1.06 bits per heavy atom. The first-order valence-corrected chi connectivity index (χ1v) is 11.7. The third kappa shape index (κ3) is 3.73. The lowest BCUT2D eigenvalue weighted by atomic mass is 9.77. The van der Waals surface area contributed by atoms with E-state index in [1.54, 1.807) is 0 Å². The minimum Gasteiger partial charge on any atom is -0.362 e. The average molecular weight is 446 g/mol. The molecule has 5 rings (SSSR count). The Bertz CT molecular complexity index is 1410. The van der Waals surface area contributed by atoms with Crippen LogP contribution in [-0.2, 0) is 0 Å². The Balaban J connectivity index is 1.54. The molecule has 1 aliphatic rings. The lowest BCUT2D eigenvalue weighted by Crippen LogP contribution is -2.32. The van der Waals surface area contributed by atoms with Gasteiger partial charge in [-0.05, 0) is 53.9 Å². The van der Waals surface area contributed by atoms with Gasteiger partial charge in [0.15, 0.2) is 11.6 Å². The van der Waals surface area contributed by atoms with Crippen LogP contribution in [0.1, 0.15) is 47.9 Å². The van der Waals surface area contributed by atoms with Crippen molar-refractivity contribution in [2.24, 2.45) is 5.92 Å². The topological polar surface area (TPSA) is 46.2 Å². The molecule has 0 saturated heterocycles. The highest BCUT2D eigenvalue weighted by Gasteiger charge is 2.34. The van der Waals surface area contributed by atoms with Gasteiger partial charge in [-0.3, -0.25) is 9.59 Å². The number of Topliss-reactive ketones (excluding diaryl/α,β-unsaturated/α-hetero) is 2. The average Bonchev–Trinajstić information content (AvgIpc) is 2.87. The van der Waals surface area contributed by atoms with Crippen molar-refractivity contribution in [3.63, 3.8) is 0 Å². The Morgan fingerprint density at radius 1 is 0.647 bits per heavy atom. The molecule has 0 saturated carbocycles. The van der Waals surface area contributed by atoms with Gasteiger partial charge in [-0.15, -0.1) is 0 Å². The molecule has 168 valence electrons. The minimum absolute atomic E-state index is 0.0288. The van der Waals surface area contributed by atoms with E-state index in [-0.39, 0.29) is 17.5 Å². The molecular weight excluding hydrogens is 418 g/mol. The SMILES string of the molecule is CCC1C(C(=O)c2ccc3ccccc3c2)=C(C)NC(C)=C1C(=O)c1ccc2ccccc2c1. The molecule has 0 fully saturated rings. The van der Waals surface area contributed by atoms with Crippen LogP contribution >= 0.6 is 0 Å². The fourth-order valence-electron chi connectivity index (χ4n) is 5.12. The highest BCUT2D eigenvalue weighted by molar-refractivity contribution is 6.16. The monoisotopic (exact) mass is 445 g/mol. The summed E-state index contributed by atoms with van der Waals surface area (Å²) in [6, 6.07) is 27.7. The maximum atomic E-state index is 13.8. The molecule has 4 aromatic rings. The van der Waals surface area contributed by atoms with Crippen LogP contribution in [0.15, 0.2) is 107 Å². The summed E-state index contributed by atoms with van der Waals surface area (Å²) in [5.74, 6) is -0.322. The second-order valence-electron chi connectivity index (χ2n) is 8.95. The number of carbonyl (C=O) groups excluding carboxylic acids is 2. The fraction of sp³-hybridized carbons (Fsp3) is 0.161. The van der Waals surface area contributed by atoms with Crippen molar-refractivity contribution in [2.75, 3.05) is 0 Å². The molecule has 0 bridgehead atoms. The van der Waals surface area contributed by atoms with Gasteiger partial charge in [-0.2, -0.15) is 0 Å². The van der Waals surface area contributed by atoms with E-state index in [2.05, 4.69) is 5.32 Å². The van der Waals surface area contributed by atoms with E-state index in [1.807, 2.05) is 106 Å². The largest absolute Gasteiger partial charge is 0.362 e. The van der Waals surface area contributed by atoms with Crippen molar-refractivity contribution >= 4 is 33.1 Å².